The van der Waals surface area contributed by atoms with E-state index in [1.54, 1.807) is 31.7 Å². The van der Waals surface area contributed by atoms with Gasteiger partial charge in [0, 0.05) is 26.7 Å². The van der Waals surface area contributed by atoms with Crippen LogP contribution in [0.25, 0.3) is 0 Å². The highest BCUT2D eigenvalue weighted by atomic mass is 32.2. The third kappa shape index (κ3) is 6.04. The van der Waals surface area contributed by atoms with Gasteiger partial charge < -0.3 is 15.4 Å². The summed E-state index contributed by atoms with van der Waals surface area (Å²) in [6, 6.07) is 11.0. The maximum absolute atomic E-state index is 12.0. The number of nitrogens with one attached hydrogen (secondary N) is 3. The monoisotopic (exact) mass is 382 g/mol. The SMILES string of the molecule is CN=C(NCCNS(=O)(=O)c1cccs1)NCc1ccc(OC)cc1. The fourth-order valence-electron chi connectivity index (χ4n) is 2.00. The smallest absolute Gasteiger partial charge is 0.250 e. The number of hydrogen-bond donors (Lipinski definition) is 3. The lowest BCUT2D eigenvalue weighted by Gasteiger charge is -2.12. The molecule has 7 nitrogen and oxygen atoms in total. The molecule has 2 aromatic rings. The highest BCUT2D eigenvalue weighted by Crippen LogP contribution is 2.14. The highest BCUT2D eigenvalue weighted by molar-refractivity contribution is 7.91. The molecule has 0 aliphatic rings. The first-order valence-corrected chi connectivity index (χ1v) is 10.0. The van der Waals surface area contributed by atoms with Crippen LogP contribution in [-0.2, 0) is 16.6 Å². The number of ether oxygens (including phenoxy) is 1. The van der Waals surface area contributed by atoms with Crippen molar-refractivity contribution in [3.63, 3.8) is 0 Å². The molecule has 0 amide bonds. The highest BCUT2D eigenvalue weighted by Gasteiger charge is 2.13. The Labute approximate surface area is 152 Å². The van der Waals surface area contributed by atoms with Crippen molar-refractivity contribution in [2.45, 2.75) is 10.8 Å². The molecule has 2 rings (SSSR count). The quantitative estimate of drug-likeness (QED) is 0.365. The fraction of sp³-hybridized carbons (Fsp3) is 0.312. The summed E-state index contributed by atoms with van der Waals surface area (Å²) in [7, 11) is -0.131. The van der Waals surface area contributed by atoms with Gasteiger partial charge in [0.1, 0.15) is 9.96 Å². The van der Waals surface area contributed by atoms with E-state index in [1.807, 2.05) is 24.3 Å². The lowest BCUT2D eigenvalue weighted by molar-refractivity contribution is 0.414. The summed E-state index contributed by atoms with van der Waals surface area (Å²) in [5.74, 6) is 1.41. The van der Waals surface area contributed by atoms with E-state index in [2.05, 4.69) is 20.3 Å². The van der Waals surface area contributed by atoms with Crippen LogP contribution in [0.15, 0.2) is 51.0 Å². The maximum Gasteiger partial charge on any atom is 0.250 e. The molecule has 3 N–H and O–H groups in total. The molecule has 0 aliphatic carbocycles. The van der Waals surface area contributed by atoms with E-state index in [0.29, 0.717) is 23.3 Å². The Bertz CT molecular complexity index is 772. The van der Waals surface area contributed by atoms with Crippen molar-refractivity contribution < 1.29 is 13.2 Å². The number of benzene rings is 1. The van der Waals surface area contributed by atoms with Gasteiger partial charge in [-0.1, -0.05) is 18.2 Å². The molecule has 0 aliphatic heterocycles. The van der Waals surface area contributed by atoms with Crippen LogP contribution in [0.4, 0.5) is 0 Å². The number of guanidine groups is 1. The van der Waals surface area contributed by atoms with Gasteiger partial charge in [-0.3, -0.25) is 4.99 Å². The van der Waals surface area contributed by atoms with Gasteiger partial charge >= 0.3 is 0 Å². The Morgan fingerprint density at radius 2 is 1.92 bits per heavy atom. The zero-order valence-corrected chi connectivity index (χ0v) is 15.8. The third-order valence-corrected chi connectivity index (χ3v) is 6.17. The third-order valence-electron chi connectivity index (χ3n) is 3.31. The molecule has 136 valence electrons. The van der Waals surface area contributed by atoms with E-state index in [4.69, 9.17) is 4.74 Å². The predicted octanol–water partition coefficient (Wildman–Crippen LogP) is 1.40. The first-order chi connectivity index (χ1) is 12.0. The van der Waals surface area contributed by atoms with Gasteiger partial charge in [-0.15, -0.1) is 11.3 Å². The predicted molar refractivity (Wildman–Crippen MR) is 101 cm³/mol. The van der Waals surface area contributed by atoms with E-state index in [-0.39, 0.29) is 6.54 Å². The Morgan fingerprint density at radius 3 is 2.52 bits per heavy atom. The number of hydrogen-bond acceptors (Lipinski definition) is 5. The van der Waals surface area contributed by atoms with E-state index in [1.165, 1.54) is 11.3 Å². The van der Waals surface area contributed by atoms with Crippen molar-refractivity contribution >= 4 is 27.3 Å². The van der Waals surface area contributed by atoms with Crippen LogP contribution >= 0.6 is 11.3 Å². The van der Waals surface area contributed by atoms with Crippen LogP contribution in [-0.4, -0.2) is 41.6 Å². The normalized spacial score (nSPS) is 12.0. The van der Waals surface area contributed by atoms with Crippen molar-refractivity contribution in [2.75, 3.05) is 27.2 Å². The van der Waals surface area contributed by atoms with Gasteiger partial charge in [-0.05, 0) is 29.1 Å². The molecule has 0 unspecified atom stereocenters. The molecule has 0 saturated heterocycles. The van der Waals surface area contributed by atoms with Gasteiger partial charge in [-0.25, -0.2) is 13.1 Å². The topological polar surface area (TPSA) is 91.8 Å². The number of rotatable bonds is 8. The van der Waals surface area contributed by atoms with Gasteiger partial charge in [0.25, 0.3) is 0 Å². The summed E-state index contributed by atoms with van der Waals surface area (Å²) in [5.41, 5.74) is 1.09. The zero-order valence-electron chi connectivity index (χ0n) is 14.2. The van der Waals surface area contributed by atoms with E-state index < -0.39 is 10.0 Å². The number of aliphatic imine (C=N–C) groups is 1. The summed E-state index contributed by atoms with van der Waals surface area (Å²) < 4.78 is 32.0. The Balaban J connectivity index is 1.73. The zero-order chi connectivity index (χ0) is 18.1. The Morgan fingerprint density at radius 1 is 1.16 bits per heavy atom. The van der Waals surface area contributed by atoms with Crippen molar-refractivity contribution in [3.05, 3.63) is 47.3 Å². The minimum atomic E-state index is -3.43. The molecule has 0 saturated carbocycles. The molecule has 0 radical (unpaired) electrons. The molecule has 1 aromatic heterocycles. The van der Waals surface area contributed by atoms with Crippen molar-refractivity contribution in [3.8, 4) is 5.75 Å². The molecule has 0 spiro atoms. The molecule has 25 heavy (non-hydrogen) atoms. The molecule has 9 heteroatoms. The van der Waals surface area contributed by atoms with Crippen LogP contribution in [0.3, 0.4) is 0 Å². The Hall–Kier alpha value is -2.10. The van der Waals surface area contributed by atoms with Gasteiger partial charge in [0.15, 0.2) is 5.96 Å². The number of thiophene rings is 1. The summed E-state index contributed by atoms with van der Waals surface area (Å²) in [4.78, 5) is 4.12. The van der Waals surface area contributed by atoms with Crippen molar-refractivity contribution in [2.24, 2.45) is 4.99 Å². The van der Waals surface area contributed by atoms with Crippen LogP contribution in [0, 0.1) is 0 Å². The van der Waals surface area contributed by atoms with Crippen molar-refractivity contribution in [1.82, 2.24) is 15.4 Å². The standard InChI is InChI=1S/C16H22N4O3S2/c1-17-16(19-12-13-5-7-14(23-2)8-6-13)18-9-10-20-25(21,22)15-4-3-11-24-15/h3-8,11,20H,9-10,12H2,1-2H3,(H2,17,18,19). The van der Waals surface area contributed by atoms with E-state index in [0.717, 1.165) is 11.3 Å². The maximum atomic E-state index is 12.0. The molecular formula is C16H22N4O3S2. The van der Waals surface area contributed by atoms with Crippen LogP contribution in [0.1, 0.15) is 5.56 Å². The summed E-state index contributed by atoms with van der Waals surface area (Å²) in [6.45, 7) is 1.29. The van der Waals surface area contributed by atoms with Crippen LogP contribution < -0.4 is 20.1 Å². The second kappa shape index (κ2) is 9.40. The average molecular weight is 383 g/mol. The fourth-order valence-corrected chi connectivity index (χ4v) is 4.07. The van der Waals surface area contributed by atoms with Crippen LogP contribution in [0.5, 0.6) is 5.75 Å². The van der Waals surface area contributed by atoms with Crippen LogP contribution in [0.2, 0.25) is 0 Å². The summed E-state index contributed by atoms with van der Waals surface area (Å²) in [6.07, 6.45) is 0. The summed E-state index contributed by atoms with van der Waals surface area (Å²) >= 11 is 1.19. The average Bonchev–Trinajstić information content (AvgIpc) is 3.17. The molecule has 1 heterocycles. The minimum Gasteiger partial charge on any atom is -0.497 e. The number of nitrogens with zero attached hydrogens (tertiary/aromatic N) is 1. The molecule has 0 bridgehead atoms. The van der Waals surface area contributed by atoms with Crippen molar-refractivity contribution in [1.29, 1.82) is 0 Å². The molecular weight excluding hydrogens is 360 g/mol. The largest absolute Gasteiger partial charge is 0.497 e. The van der Waals surface area contributed by atoms with Gasteiger partial charge in [0.05, 0.1) is 7.11 Å². The molecule has 0 fully saturated rings. The number of sulfonamides is 1. The van der Waals surface area contributed by atoms with E-state index >= 15 is 0 Å². The minimum absolute atomic E-state index is 0.267. The second-order valence-electron chi connectivity index (χ2n) is 5.03. The lowest BCUT2D eigenvalue weighted by Crippen LogP contribution is -2.41. The Kier molecular flexibility index (Phi) is 7.23. The first-order valence-electron chi connectivity index (χ1n) is 7.66. The van der Waals surface area contributed by atoms with Gasteiger partial charge in [0.2, 0.25) is 10.0 Å². The molecule has 0 atom stereocenters. The summed E-state index contributed by atoms with van der Waals surface area (Å²) in [5, 5.41) is 7.98. The lowest BCUT2D eigenvalue weighted by atomic mass is 10.2. The first kappa shape index (κ1) is 19.2. The van der Waals surface area contributed by atoms with E-state index in [9.17, 15) is 8.42 Å². The second-order valence-corrected chi connectivity index (χ2v) is 7.97. The number of methoxy groups -OCH3 is 1. The van der Waals surface area contributed by atoms with Gasteiger partial charge in [-0.2, -0.15) is 0 Å². The molecule has 1 aromatic carbocycles.